The van der Waals surface area contributed by atoms with Crippen molar-refractivity contribution in [1.82, 2.24) is 9.97 Å². The van der Waals surface area contributed by atoms with Gasteiger partial charge in [-0.15, -0.1) is 0 Å². The summed E-state index contributed by atoms with van der Waals surface area (Å²) in [7, 11) is 1.64. The van der Waals surface area contributed by atoms with E-state index in [0.29, 0.717) is 0 Å². The smallest absolute Gasteiger partial charge is 0.123 e. The summed E-state index contributed by atoms with van der Waals surface area (Å²) >= 11 is 0. The van der Waals surface area contributed by atoms with Crippen molar-refractivity contribution in [2.75, 3.05) is 7.11 Å². The average Bonchev–Trinajstić information content (AvgIpc) is 2.68. The first kappa shape index (κ1) is 15.3. The molecule has 0 atom stereocenters. The zero-order chi connectivity index (χ0) is 17.2. The molecule has 0 radical (unpaired) electrons. The predicted octanol–water partition coefficient (Wildman–Crippen LogP) is 5.11. The Kier molecular flexibility index (Phi) is 3.86. The van der Waals surface area contributed by atoms with Gasteiger partial charge in [0.25, 0.3) is 0 Å². The number of hydrogen-bond acceptors (Lipinski definition) is 3. The van der Waals surface area contributed by atoms with Crippen LogP contribution in [0.15, 0.2) is 72.9 Å². The van der Waals surface area contributed by atoms with Gasteiger partial charge in [-0.1, -0.05) is 12.1 Å². The minimum absolute atomic E-state index is 0.262. The van der Waals surface area contributed by atoms with Gasteiger partial charge in [0, 0.05) is 17.3 Å². The molecule has 25 heavy (non-hydrogen) atoms. The summed E-state index contributed by atoms with van der Waals surface area (Å²) in [5.74, 6) is 0.537. The first-order valence-electron chi connectivity index (χ1n) is 7.91. The highest BCUT2D eigenvalue weighted by Gasteiger charge is 2.10. The SMILES string of the molecule is COc1ccc(-c2cc(-c3ccc(F)cc3)nc3cccnc23)cc1. The third kappa shape index (κ3) is 2.94. The highest BCUT2D eigenvalue weighted by Crippen LogP contribution is 2.31. The number of fused-ring (bicyclic) bond motifs is 1. The summed E-state index contributed by atoms with van der Waals surface area (Å²) in [6, 6.07) is 20.0. The molecule has 0 unspecified atom stereocenters. The quantitative estimate of drug-likeness (QED) is 0.523. The fourth-order valence-electron chi connectivity index (χ4n) is 2.82. The van der Waals surface area contributed by atoms with Crippen LogP contribution in [0.3, 0.4) is 0 Å². The lowest BCUT2D eigenvalue weighted by Gasteiger charge is -2.10. The van der Waals surface area contributed by atoms with Crippen molar-refractivity contribution >= 4 is 11.0 Å². The average molecular weight is 330 g/mol. The maximum atomic E-state index is 13.2. The van der Waals surface area contributed by atoms with Gasteiger partial charge in [0.2, 0.25) is 0 Å². The molecule has 0 aliphatic rings. The van der Waals surface area contributed by atoms with Crippen LogP contribution in [0.25, 0.3) is 33.4 Å². The number of methoxy groups -OCH3 is 1. The van der Waals surface area contributed by atoms with Gasteiger partial charge < -0.3 is 4.74 Å². The molecule has 122 valence electrons. The van der Waals surface area contributed by atoms with Crippen LogP contribution in [0, 0.1) is 5.82 Å². The Labute approximate surface area is 144 Å². The van der Waals surface area contributed by atoms with Crippen LogP contribution >= 0.6 is 0 Å². The van der Waals surface area contributed by atoms with Crippen molar-refractivity contribution in [3.8, 4) is 28.1 Å². The Balaban J connectivity index is 1.93. The molecular formula is C21H15FN2O. The van der Waals surface area contributed by atoms with Gasteiger partial charge in [0.05, 0.1) is 23.8 Å². The molecule has 0 amide bonds. The van der Waals surface area contributed by atoms with Gasteiger partial charge >= 0.3 is 0 Å². The molecule has 0 saturated carbocycles. The van der Waals surface area contributed by atoms with Crippen LogP contribution in [0.4, 0.5) is 4.39 Å². The Bertz CT molecular complexity index is 1030. The number of pyridine rings is 2. The Morgan fingerprint density at radius 2 is 1.60 bits per heavy atom. The molecule has 0 spiro atoms. The highest BCUT2D eigenvalue weighted by atomic mass is 19.1. The predicted molar refractivity (Wildman–Crippen MR) is 96.9 cm³/mol. The minimum atomic E-state index is -0.262. The largest absolute Gasteiger partial charge is 0.497 e. The zero-order valence-corrected chi connectivity index (χ0v) is 13.6. The number of halogens is 1. The Morgan fingerprint density at radius 3 is 2.32 bits per heavy atom. The fraction of sp³-hybridized carbons (Fsp3) is 0.0476. The van der Waals surface area contributed by atoms with E-state index < -0.39 is 0 Å². The van der Waals surface area contributed by atoms with Gasteiger partial charge in [-0.2, -0.15) is 0 Å². The maximum Gasteiger partial charge on any atom is 0.123 e. The molecule has 0 N–H and O–H groups in total. The summed E-state index contributed by atoms with van der Waals surface area (Å²) < 4.78 is 18.5. The molecule has 0 aliphatic carbocycles. The van der Waals surface area contributed by atoms with Gasteiger partial charge in [0.15, 0.2) is 0 Å². The van der Waals surface area contributed by atoms with E-state index in [1.807, 2.05) is 42.5 Å². The molecule has 4 rings (SSSR count). The maximum absolute atomic E-state index is 13.2. The molecule has 2 heterocycles. The van der Waals surface area contributed by atoms with Crippen LogP contribution in [-0.2, 0) is 0 Å². The molecule has 2 aromatic carbocycles. The van der Waals surface area contributed by atoms with Crippen molar-refractivity contribution in [3.05, 3.63) is 78.7 Å². The lowest BCUT2D eigenvalue weighted by atomic mass is 10.0. The molecule has 0 aliphatic heterocycles. The molecular weight excluding hydrogens is 315 g/mol. The molecule has 4 heteroatoms. The number of nitrogens with zero attached hydrogens (tertiary/aromatic N) is 2. The van der Waals surface area contributed by atoms with E-state index in [9.17, 15) is 4.39 Å². The highest BCUT2D eigenvalue weighted by molar-refractivity contribution is 5.93. The van der Waals surface area contributed by atoms with Crippen LogP contribution < -0.4 is 4.74 Å². The topological polar surface area (TPSA) is 35.0 Å². The Hall–Kier alpha value is -3.27. The second kappa shape index (κ2) is 6.32. The molecule has 3 nitrogen and oxygen atoms in total. The number of benzene rings is 2. The lowest BCUT2D eigenvalue weighted by Crippen LogP contribution is -1.92. The fourth-order valence-corrected chi connectivity index (χ4v) is 2.82. The summed E-state index contributed by atoms with van der Waals surface area (Å²) in [6.07, 6.45) is 1.76. The molecule has 0 saturated heterocycles. The van der Waals surface area contributed by atoms with E-state index in [4.69, 9.17) is 4.74 Å². The van der Waals surface area contributed by atoms with Crippen LogP contribution in [0.5, 0.6) is 5.75 Å². The van der Waals surface area contributed by atoms with Gasteiger partial charge in [-0.3, -0.25) is 4.98 Å². The van der Waals surface area contributed by atoms with E-state index >= 15 is 0 Å². The van der Waals surface area contributed by atoms with Crippen molar-refractivity contribution in [2.45, 2.75) is 0 Å². The molecule has 0 bridgehead atoms. The van der Waals surface area contributed by atoms with Crippen LogP contribution in [0.1, 0.15) is 0 Å². The van der Waals surface area contributed by atoms with Crippen LogP contribution in [-0.4, -0.2) is 17.1 Å². The number of aromatic nitrogens is 2. The third-order valence-electron chi connectivity index (χ3n) is 4.10. The van der Waals surface area contributed by atoms with Crippen molar-refractivity contribution in [3.63, 3.8) is 0 Å². The van der Waals surface area contributed by atoms with Gasteiger partial charge in [-0.25, -0.2) is 9.37 Å². The molecule has 0 fully saturated rings. The van der Waals surface area contributed by atoms with Gasteiger partial charge in [0.1, 0.15) is 11.6 Å². The van der Waals surface area contributed by atoms with E-state index in [1.54, 1.807) is 25.4 Å². The second-order valence-corrected chi connectivity index (χ2v) is 5.66. The van der Waals surface area contributed by atoms with E-state index in [2.05, 4.69) is 9.97 Å². The van der Waals surface area contributed by atoms with E-state index in [0.717, 1.165) is 39.2 Å². The number of hydrogen-bond donors (Lipinski definition) is 0. The monoisotopic (exact) mass is 330 g/mol. The number of ether oxygens (including phenoxy) is 1. The first-order valence-corrected chi connectivity index (χ1v) is 7.91. The minimum Gasteiger partial charge on any atom is -0.497 e. The third-order valence-corrected chi connectivity index (χ3v) is 4.10. The Morgan fingerprint density at radius 1 is 0.880 bits per heavy atom. The van der Waals surface area contributed by atoms with Crippen LogP contribution in [0.2, 0.25) is 0 Å². The van der Waals surface area contributed by atoms with Crippen molar-refractivity contribution in [1.29, 1.82) is 0 Å². The summed E-state index contributed by atoms with van der Waals surface area (Å²) in [6.45, 7) is 0. The zero-order valence-electron chi connectivity index (χ0n) is 13.6. The first-order chi connectivity index (χ1) is 12.2. The summed E-state index contributed by atoms with van der Waals surface area (Å²) in [4.78, 5) is 9.18. The summed E-state index contributed by atoms with van der Waals surface area (Å²) in [5.41, 5.74) is 5.28. The second-order valence-electron chi connectivity index (χ2n) is 5.66. The number of rotatable bonds is 3. The summed E-state index contributed by atoms with van der Waals surface area (Å²) in [5, 5.41) is 0. The molecule has 2 aromatic heterocycles. The van der Waals surface area contributed by atoms with E-state index in [-0.39, 0.29) is 5.82 Å². The normalized spacial score (nSPS) is 10.8. The standard InChI is InChI=1S/C21H15FN2O/c1-25-17-10-6-14(7-11-17)18-13-20(15-4-8-16(22)9-5-15)24-19-3-2-12-23-21(18)19/h2-13H,1H3. The lowest BCUT2D eigenvalue weighted by molar-refractivity contribution is 0.415. The van der Waals surface area contributed by atoms with E-state index in [1.165, 1.54) is 12.1 Å². The molecule has 4 aromatic rings. The van der Waals surface area contributed by atoms with Gasteiger partial charge in [-0.05, 0) is 60.2 Å². The van der Waals surface area contributed by atoms with Crippen molar-refractivity contribution in [2.24, 2.45) is 0 Å². The van der Waals surface area contributed by atoms with Crippen molar-refractivity contribution < 1.29 is 9.13 Å².